The Kier molecular flexibility index (Phi) is 13.8. The molecule has 3 nitrogen and oxygen atoms in total. The fourth-order valence-corrected chi connectivity index (χ4v) is 2.49. The van der Waals surface area contributed by atoms with Crippen LogP contribution in [-0.2, 0) is 0 Å². The first-order valence-corrected chi connectivity index (χ1v) is 8.69. The van der Waals surface area contributed by atoms with E-state index in [9.17, 15) is 10.2 Å². The maximum Gasteiger partial charge on any atom is 0.0797 e. The van der Waals surface area contributed by atoms with E-state index in [4.69, 9.17) is 5.73 Å². The second-order valence-corrected chi connectivity index (χ2v) is 6.26. The molecule has 0 aromatic heterocycles. The molecule has 122 valence electrons. The van der Waals surface area contributed by atoms with Crippen LogP contribution >= 0.6 is 0 Å². The van der Waals surface area contributed by atoms with E-state index in [1.165, 1.54) is 57.8 Å². The second kappa shape index (κ2) is 13.8. The first kappa shape index (κ1) is 19.9. The summed E-state index contributed by atoms with van der Waals surface area (Å²) in [5.74, 6) is 0. The molecule has 0 aliphatic carbocycles. The van der Waals surface area contributed by atoms with Crippen LogP contribution in [-0.4, -0.2) is 28.5 Å². The minimum absolute atomic E-state index is 0.174. The molecule has 0 fully saturated rings. The molecule has 20 heavy (non-hydrogen) atoms. The minimum atomic E-state index is -0.644. The van der Waals surface area contributed by atoms with E-state index in [0.717, 1.165) is 12.8 Å². The molecule has 0 amide bonds. The van der Waals surface area contributed by atoms with Crippen LogP contribution in [0.1, 0.15) is 90.9 Å². The van der Waals surface area contributed by atoms with Gasteiger partial charge in [-0.2, -0.15) is 0 Å². The van der Waals surface area contributed by atoms with Crippen molar-refractivity contribution in [3.05, 3.63) is 0 Å². The molecular formula is C17H37NO2. The second-order valence-electron chi connectivity index (χ2n) is 6.26. The van der Waals surface area contributed by atoms with Crippen molar-refractivity contribution >= 4 is 0 Å². The van der Waals surface area contributed by atoms with Gasteiger partial charge in [-0.25, -0.2) is 0 Å². The summed E-state index contributed by atoms with van der Waals surface area (Å²) < 4.78 is 0. The summed E-state index contributed by atoms with van der Waals surface area (Å²) in [6.45, 7) is 3.88. The fraction of sp³-hybridized carbons (Fsp3) is 1.00. The van der Waals surface area contributed by atoms with Gasteiger partial charge in [0, 0.05) is 6.04 Å². The highest BCUT2D eigenvalue weighted by atomic mass is 16.3. The molecule has 0 heterocycles. The number of aliphatic hydroxyl groups excluding tert-OH is 2. The van der Waals surface area contributed by atoms with Crippen molar-refractivity contribution in [2.45, 2.75) is 109 Å². The van der Waals surface area contributed by atoms with Crippen LogP contribution < -0.4 is 5.73 Å². The summed E-state index contributed by atoms with van der Waals surface area (Å²) in [4.78, 5) is 0. The van der Waals surface area contributed by atoms with E-state index in [-0.39, 0.29) is 6.04 Å². The lowest BCUT2D eigenvalue weighted by Gasteiger charge is -2.16. The number of hydrogen-bond donors (Lipinski definition) is 3. The molecule has 4 N–H and O–H groups in total. The molecule has 0 rings (SSSR count). The molecule has 0 aromatic carbocycles. The van der Waals surface area contributed by atoms with E-state index < -0.39 is 12.2 Å². The molecule has 3 atom stereocenters. The van der Waals surface area contributed by atoms with Gasteiger partial charge in [0.15, 0.2) is 0 Å². The molecule has 0 aromatic rings. The van der Waals surface area contributed by atoms with Crippen LogP contribution in [0.2, 0.25) is 0 Å². The Balaban J connectivity index is 3.25. The topological polar surface area (TPSA) is 66.5 Å². The van der Waals surface area contributed by atoms with Crippen molar-refractivity contribution in [1.29, 1.82) is 0 Å². The smallest absolute Gasteiger partial charge is 0.0797 e. The third-order valence-corrected chi connectivity index (χ3v) is 4.07. The number of hydrogen-bond acceptors (Lipinski definition) is 3. The lowest BCUT2D eigenvalue weighted by atomic mass is 10.00. The van der Waals surface area contributed by atoms with Gasteiger partial charge in [0.2, 0.25) is 0 Å². The zero-order valence-corrected chi connectivity index (χ0v) is 13.7. The van der Waals surface area contributed by atoms with E-state index >= 15 is 0 Å². The van der Waals surface area contributed by atoms with E-state index in [0.29, 0.717) is 6.42 Å². The fourth-order valence-electron chi connectivity index (χ4n) is 2.49. The molecule has 0 spiro atoms. The Morgan fingerprint density at radius 2 is 1.25 bits per heavy atom. The highest BCUT2D eigenvalue weighted by molar-refractivity contribution is 4.68. The van der Waals surface area contributed by atoms with Crippen molar-refractivity contribution in [2.75, 3.05) is 0 Å². The van der Waals surface area contributed by atoms with Gasteiger partial charge < -0.3 is 15.9 Å². The molecule has 0 aliphatic heterocycles. The Labute approximate surface area is 126 Å². The molecule has 0 saturated carbocycles. The van der Waals surface area contributed by atoms with Crippen LogP contribution in [0, 0.1) is 0 Å². The molecule has 0 bridgehead atoms. The van der Waals surface area contributed by atoms with Crippen LogP contribution in [0.5, 0.6) is 0 Å². The highest BCUT2D eigenvalue weighted by Crippen LogP contribution is 2.13. The van der Waals surface area contributed by atoms with E-state index in [1.54, 1.807) is 6.92 Å². The standard InChI is InChI=1S/C17H37NO2/c1-3-4-5-6-7-8-9-10-11-12-16(18)13-14-17(20)15(2)19/h15-17,19-20H,3-14,18H2,1-2H3. The third kappa shape index (κ3) is 12.9. The summed E-state index contributed by atoms with van der Waals surface area (Å²) in [5, 5.41) is 18.7. The largest absolute Gasteiger partial charge is 0.391 e. The quantitative estimate of drug-likeness (QED) is 0.426. The summed E-state index contributed by atoms with van der Waals surface area (Å²) in [6.07, 6.45) is 13.2. The first-order chi connectivity index (χ1) is 9.57. The molecule has 3 heteroatoms. The Bertz CT molecular complexity index is 197. The summed E-state index contributed by atoms with van der Waals surface area (Å²) >= 11 is 0. The van der Waals surface area contributed by atoms with Crippen molar-refractivity contribution in [1.82, 2.24) is 0 Å². The van der Waals surface area contributed by atoms with Gasteiger partial charge in [-0.05, 0) is 26.2 Å². The predicted molar refractivity (Wildman–Crippen MR) is 86.7 cm³/mol. The average molecular weight is 287 g/mol. The number of aliphatic hydroxyl groups is 2. The van der Waals surface area contributed by atoms with Crippen molar-refractivity contribution < 1.29 is 10.2 Å². The average Bonchev–Trinajstić information content (AvgIpc) is 2.42. The third-order valence-electron chi connectivity index (χ3n) is 4.07. The van der Waals surface area contributed by atoms with Crippen LogP contribution in [0.15, 0.2) is 0 Å². The maximum atomic E-state index is 9.50. The molecule has 3 unspecified atom stereocenters. The SMILES string of the molecule is CCCCCCCCCCCC(N)CCC(O)C(C)O. The van der Waals surface area contributed by atoms with Gasteiger partial charge in [-0.3, -0.25) is 0 Å². The van der Waals surface area contributed by atoms with Crippen molar-refractivity contribution in [3.63, 3.8) is 0 Å². The van der Waals surface area contributed by atoms with Gasteiger partial charge in [-0.1, -0.05) is 64.7 Å². The highest BCUT2D eigenvalue weighted by Gasteiger charge is 2.12. The lowest BCUT2D eigenvalue weighted by Crippen LogP contribution is -2.27. The van der Waals surface area contributed by atoms with Gasteiger partial charge in [0.1, 0.15) is 0 Å². The Morgan fingerprint density at radius 1 is 0.750 bits per heavy atom. The lowest BCUT2D eigenvalue weighted by molar-refractivity contribution is 0.0239. The normalized spacial score (nSPS) is 16.1. The van der Waals surface area contributed by atoms with Crippen molar-refractivity contribution in [2.24, 2.45) is 5.73 Å². The molecular weight excluding hydrogens is 250 g/mol. The number of unbranched alkanes of at least 4 members (excludes halogenated alkanes) is 8. The number of rotatable bonds is 14. The Hall–Kier alpha value is -0.120. The summed E-state index contributed by atoms with van der Waals surface area (Å²) in [7, 11) is 0. The maximum absolute atomic E-state index is 9.50. The predicted octanol–water partition coefficient (Wildman–Crippen LogP) is 3.76. The van der Waals surface area contributed by atoms with Gasteiger partial charge in [-0.15, -0.1) is 0 Å². The Morgan fingerprint density at radius 3 is 1.75 bits per heavy atom. The molecule has 0 saturated heterocycles. The molecule has 0 radical (unpaired) electrons. The zero-order chi connectivity index (χ0) is 15.2. The van der Waals surface area contributed by atoms with Gasteiger partial charge in [0.05, 0.1) is 12.2 Å². The van der Waals surface area contributed by atoms with E-state index in [2.05, 4.69) is 6.92 Å². The molecule has 0 aliphatic rings. The van der Waals surface area contributed by atoms with Crippen molar-refractivity contribution in [3.8, 4) is 0 Å². The monoisotopic (exact) mass is 287 g/mol. The minimum Gasteiger partial charge on any atom is -0.391 e. The first-order valence-electron chi connectivity index (χ1n) is 8.69. The van der Waals surface area contributed by atoms with Crippen LogP contribution in [0.25, 0.3) is 0 Å². The summed E-state index contributed by atoms with van der Waals surface area (Å²) in [6, 6.07) is 0.174. The van der Waals surface area contributed by atoms with Crippen LogP contribution in [0.4, 0.5) is 0 Å². The van der Waals surface area contributed by atoms with Gasteiger partial charge >= 0.3 is 0 Å². The van der Waals surface area contributed by atoms with E-state index in [1.807, 2.05) is 0 Å². The zero-order valence-electron chi connectivity index (χ0n) is 13.7. The van der Waals surface area contributed by atoms with Gasteiger partial charge in [0.25, 0.3) is 0 Å². The number of nitrogens with two attached hydrogens (primary N) is 1. The summed E-state index contributed by atoms with van der Waals surface area (Å²) in [5.41, 5.74) is 6.03. The van der Waals surface area contributed by atoms with Crippen LogP contribution in [0.3, 0.4) is 0 Å².